The number of halogens is 1. The lowest BCUT2D eigenvalue weighted by molar-refractivity contribution is 0.0692. The molecule has 0 aliphatic carbocycles. The molecule has 0 spiro atoms. The predicted octanol–water partition coefficient (Wildman–Crippen LogP) is 2.00. The Morgan fingerprint density at radius 2 is 2.36 bits per heavy atom. The number of aromatic nitrogens is 1. The number of hydrogen-bond acceptors (Lipinski definition) is 3. The number of carboxylic acids is 1. The van der Waals surface area contributed by atoms with Crippen LogP contribution in [-0.2, 0) is 6.42 Å². The van der Waals surface area contributed by atoms with Gasteiger partial charge in [-0.3, -0.25) is 0 Å². The molecule has 0 atom stereocenters. The zero-order valence-corrected chi connectivity index (χ0v) is 8.63. The van der Waals surface area contributed by atoms with Crippen molar-refractivity contribution in [3.05, 3.63) is 22.3 Å². The first-order valence-corrected chi connectivity index (χ1v) is 4.44. The second-order valence-electron chi connectivity index (χ2n) is 2.64. The molecule has 1 aromatic heterocycles. The first-order chi connectivity index (χ1) is 6.61. The Morgan fingerprint density at radius 3 is 2.79 bits per heavy atom. The maximum atomic E-state index is 10.9. The second-order valence-corrected chi connectivity index (χ2v) is 3.02. The van der Waals surface area contributed by atoms with E-state index in [0.29, 0.717) is 12.0 Å². The van der Waals surface area contributed by atoms with E-state index < -0.39 is 5.97 Å². The van der Waals surface area contributed by atoms with Crippen molar-refractivity contribution in [2.45, 2.75) is 13.3 Å². The third-order valence-electron chi connectivity index (χ3n) is 1.84. The fourth-order valence-electron chi connectivity index (χ4n) is 1.10. The molecule has 1 aromatic rings. The lowest BCUT2D eigenvalue weighted by atomic mass is 10.1. The first kappa shape index (κ1) is 10.8. The molecule has 1 rings (SSSR count). The molecule has 0 aliphatic rings. The van der Waals surface area contributed by atoms with Crippen molar-refractivity contribution in [2.75, 3.05) is 7.11 Å². The van der Waals surface area contributed by atoms with Crippen molar-refractivity contribution in [1.82, 2.24) is 4.98 Å². The minimum atomic E-state index is -1.13. The van der Waals surface area contributed by atoms with E-state index in [1.165, 1.54) is 13.3 Å². The van der Waals surface area contributed by atoms with Crippen molar-refractivity contribution in [3.63, 3.8) is 0 Å². The minimum absolute atomic E-state index is 0.0414. The van der Waals surface area contributed by atoms with Crippen LogP contribution in [0.5, 0.6) is 5.88 Å². The van der Waals surface area contributed by atoms with E-state index in [1.807, 2.05) is 6.92 Å². The molecule has 0 aliphatic heterocycles. The molecular weight excluding hydrogens is 206 g/mol. The summed E-state index contributed by atoms with van der Waals surface area (Å²) in [4.78, 5) is 14.7. The smallest absolute Gasteiger partial charge is 0.342 e. The Balaban J connectivity index is 3.39. The molecule has 76 valence electrons. The molecule has 1 N–H and O–H groups in total. The third-order valence-corrected chi connectivity index (χ3v) is 2.27. The van der Waals surface area contributed by atoms with Crippen LogP contribution in [0.2, 0.25) is 5.02 Å². The summed E-state index contributed by atoms with van der Waals surface area (Å²) in [5, 5.41) is 9.09. The molecule has 14 heavy (non-hydrogen) atoms. The van der Waals surface area contributed by atoms with Crippen molar-refractivity contribution >= 4 is 17.6 Å². The molecule has 0 aromatic carbocycles. The molecule has 0 saturated heterocycles. The van der Waals surface area contributed by atoms with Crippen molar-refractivity contribution in [3.8, 4) is 5.88 Å². The normalized spacial score (nSPS) is 9.93. The summed E-state index contributed by atoms with van der Waals surface area (Å²) in [6, 6.07) is 0. The highest BCUT2D eigenvalue weighted by atomic mass is 35.5. The number of carboxylic acid groups (broad SMARTS) is 1. The summed E-state index contributed by atoms with van der Waals surface area (Å²) in [6.07, 6.45) is 2.16. The molecule has 0 unspecified atom stereocenters. The fraction of sp³-hybridized carbons (Fsp3) is 0.333. The number of hydrogen-bond donors (Lipinski definition) is 1. The van der Waals surface area contributed by atoms with E-state index in [9.17, 15) is 4.79 Å². The molecule has 1 heterocycles. The summed E-state index contributed by atoms with van der Waals surface area (Å²) in [7, 11) is 1.36. The van der Waals surface area contributed by atoms with Crippen LogP contribution in [0, 0.1) is 0 Å². The average molecular weight is 216 g/mol. The van der Waals surface area contributed by atoms with E-state index in [4.69, 9.17) is 21.4 Å². The van der Waals surface area contributed by atoms with Gasteiger partial charge in [0.2, 0.25) is 5.88 Å². The SMILES string of the molecule is CCc1cnc(OC)c(C(=O)O)c1Cl. The van der Waals surface area contributed by atoms with Gasteiger partial charge in [0, 0.05) is 6.20 Å². The van der Waals surface area contributed by atoms with E-state index in [-0.39, 0.29) is 16.5 Å². The Hall–Kier alpha value is -1.29. The summed E-state index contributed by atoms with van der Waals surface area (Å²) < 4.78 is 4.81. The van der Waals surface area contributed by atoms with Crippen LogP contribution in [0.4, 0.5) is 0 Å². The largest absolute Gasteiger partial charge is 0.480 e. The molecule has 0 radical (unpaired) electrons. The summed E-state index contributed by atoms with van der Waals surface area (Å²) >= 11 is 5.89. The van der Waals surface area contributed by atoms with Crippen molar-refractivity contribution in [2.24, 2.45) is 0 Å². The fourth-order valence-corrected chi connectivity index (χ4v) is 1.44. The number of aromatic carboxylic acids is 1. The highest BCUT2D eigenvalue weighted by molar-refractivity contribution is 6.34. The standard InChI is InChI=1S/C9H10ClNO3/c1-3-5-4-11-8(14-2)6(7(5)10)9(12)13/h4H,3H2,1-2H3,(H,12,13). The van der Waals surface area contributed by atoms with E-state index >= 15 is 0 Å². The van der Waals surface area contributed by atoms with Crippen molar-refractivity contribution in [1.29, 1.82) is 0 Å². The van der Waals surface area contributed by atoms with Gasteiger partial charge in [-0.05, 0) is 12.0 Å². The maximum absolute atomic E-state index is 10.9. The van der Waals surface area contributed by atoms with Gasteiger partial charge in [-0.2, -0.15) is 0 Å². The van der Waals surface area contributed by atoms with Crippen LogP contribution >= 0.6 is 11.6 Å². The lowest BCUT2D eigenvalue weighted by Crippen LogP contribution is -2.05. The Kier molecular flexibility index (Phi) is 3.30. The van der Waals surface area contributed by atoms with Gasteiger partial charge < -0.3 is 9.84 Å². The molecule has 0 saturated carbocycles. The van der Waals surface area contributed by atoms with Gasteiger partial charge in [-0.1, -0.05) is 18.5 Å². The number of nitrogens with zero attached hydrogens (tertiary/aromatic N) is 1. The number of ether oxygens (including phenoxy) is 1. The van der Waals surface area contributed by atoms with Gasteiger partial charge >= 0.3 is 5.97 Å². The summed E-state index contributed by atoms with van der Waals surface area (Å²) in [6.45, 7) is 1.88. The van der Waals surface area contributed by atoms with E-state index in [0.717, 1.165) is 0 Å². The van der Waals surface area contributed by atoms with Crippen LogP contribution in [-0.4, -0.2) is 23.2 Å². The highest BCUT2D eigenvalue weighted by Gasteiger charge is 2.19. The van der Waals surface area contributed by atoms with Crippen LogP contribution in [0.1, 0.15) is 22.8 Å². The monoisotopic (exact) mass is 215 g/mol. The topological polar surface area (TPSA) is 59.4 Å². The molecule has 0 amide bonds. The van der Waals surface area contributed by atoms with Gasteiger partial charge in [-0.25, -0.2) is 9.78 Å². The van der Waals surface area contributed by atoms with E-state index in [2.05, 4.69) is 4.98 Å². The molecule has 0 fully saturated rings. The van der Waals surface area contributed by atoms with Gasteiger partial charge in [0.15, 0.2) is 0 Å². The van der Waals surface area contributed by atoms with Crippen LogP contribution in [0.3, 0.4) is 0 Å². The predicted molar refractivity (Wildman–Crippen MR) is 52.1 cm³/mol. The minimum Gasteiger partial charge on any atom is -0.480 e. The van der Waals surface area contributed by atoms with Gasteiger partial charge in [0.05, 0.1) is 12.1 Å². The van der Waals surface area contributed by atoms with Gasteiger partial charge in [-0.15, -0.1) is 0 Å². The Morgan fingerprint density at radius 1 is 1.71 bits per heavy atom. The van der Waals surface area contributed by atoms with Crippen LogP contribution in [0.25, 0.3) is 0 Å². The highest BCUT2D eigenvalue weighted by Crippen LogP contribution is 2.27. The first-order valence-electron chi connectivity index (χ1n) is 4.06. The second kappa shape index (κ2) is 4.28. The number of aryl methyl sites for hydroxylation is 1. The molecule has 4 nitrogen and oxygen atoms in total. The average Bonchev–Trinajstić information content (AvgIpc) is 2.16. The quantitative estimate of drug-likeness (QED) is 0.838. The number of rotatable bonds is 3. The maximum Gasteiger partial charge on any atom is 0.342 e. The Bertz CT molecular complexity index is 365. The van der Waals surface area contributed by atoms with Crippen molar-refractivity contribution < 1.29 is 14.6 Å². The van der Waals surface area contributed by atoms with E-state index in [1.54, 1.807) is 0 Å². The van der Waals surface area contributed by atoms with Crippen LogP contribution < -0.4 is 4.74 Å². The number of carbonyl (C=O) groups is 1. The zero-order chi connectivity index (χ0) is 10.7. The third kappa shape index (κ3) is 1.80. The van der Waals surface area contributed by atoms with Crippen LogP contribution in [0.15, 0.2) is 6.20 Å². The summed E-state index contributed by atoms with van der Waals surface area (Å²) in [5.41, 5.74) is 0.624. The number of methoxy groups -OCH3 is 1. The zero-order valence-electron chi connectivity index (χ0n) is 7.87. The summed E-state index contributed by atoms with van der Waals surface area (Å²) in [5.74, 6) is -1.09. The lowest BCUT2D eigenvalue weighted by Gasteiger charge is -2.08. The Labute approximate surface area is 86.5 Å². The number of pyridine rings is 1. The van der Waals surface area contributed by atoms with Gasteiger partial charge in [0.1, 0.15) is 5.56 Å². The molecule has 5 heteroatoms. The molecular formula is C9H10ClNO3. The van der Waals surface area contributed by atoms with Gasteiger partial charge in [0.25, 0.3) is 0 Å². The molecule has 0 bridgehead atoms.